The predicted molar refractivity (Wildman–Crippen MR) is 167 cm³/mol. The lowest BCUT2D eigenvalue weighted by Gasteiger charge is -2.28. The van der Waals surface area contributed by atoms with E-state index in [1.54, 1.807) is 16.8 Å². The molecule has 7 rings (SSSR count). The number of amides is 1. The fourth-order valence-corrected chi connectivity index (χ4v) is 7.24. The van der Waals surface area contributed by atoms with Crippen molar-refractivity contribution in [1.29, 1.82) is 0 Å². The van der Waals surface area contributed by atoms with Crippen LogP contribution < -0.4 is 20.3 Å². The Hall–Kier alpha value is -4.99. The molecule has 2 aliphatic carbocycles. The number of nitrogens with one attached hydrogen (secondary N) is 3. The van der Waals surface area contributed by atoms with E-state index in [-0.39, 0.29) is 28.6 Å². The number of hydrogen-bond acceptors (Lipinski definition) is 6. The quantitative estimate of drug-likeness (QED) is 0.231. The number of rotatable bonds is 8. The van der Waals surface area contributed by atoms with Crippen LogP contribution in [0, 0.1) is 12.3 Å². The number of nitrogens with zero attached hydrogens (tertiary/aromatic N) is 4. The summed E-state index contributed by atoms with van der Waals surface area (Å²) in [5.41, 5.74) is 3.69. The van der Waals surface area contributed by atoms with Crippen molar-refractivity contribution in [3.8, 4) is 18.0 Å². The lowest BCUT2D eigenvalue weighted by Crippen LogP contribution is -2.35. The Bertz CT molecular complexity index is 2180. The number of anilines is 1. The first-order chi connectivity index (χ1) is 21.3. The third-order valence-corrected chi connectivity index (χ3v) is 9.22. The number of terminal acetylenes is 1. The van der Waals surface area contributed by atoms with E-state index in [1.807, 2.05) is 49.4 Å². The number of fused-ring (bicyclic) bond motifs is 1. The SMILES string of the molecule is C#Cc1ccc2c3c(c([C@H](C)NC(=O)c4c(NS(=O)(=O)NC5CC5)nn5cccnc45)n(-c4ccccc4)c(=O)c13)CCC2. The number of para-hydroxylation sites is 1. The summed E-state index contributed by atoms with van der Waals surface area (Å²) < 4.78 is 33.6. The fraction of sp³-hybridized carbons (Fsp3) is 0.250. The third kappa shape index (κ3) is 4.80. The molecule has 1 fully saturated rings. The topological polar surface area (TPSA) is 139 Å². The second-order valence-corrected chi connectivity index (χ2v) is 12.6. The highest BCUT2D eigenvalue weighted by Gasteiger charge is 2.32. The highest BCUT2D eigenvalue weighted by Crippen LogP contribution is 2.36. The normalized spacial score (nSPS) is 15.2. The van der Waals surface area contributed by atoms with E-state index in [0.29, 0.717) is 28.8 Å². The van der Waals surface area contributed by atoms with Crippen LogP contribution >= 0.6 is 0 Å². The van der Waals surface area contributed by atoms with E-state index >= 15 is 0 Å². The zero-order chi connectivity index (χ0) is 30.6. The minimum Gasteiger partial charge on any atom is -0.344 e. The molecule has 1 saturated carbocycles. The minimum atomic E-state index is -3.99. The first-order valence-electron chi connectivity index (χ1n) is 14.5. The van der Waals surface area contributed by atoms with E-state index in [9.17, 15) is 18.0 Å². The van der Waals surface area contributed by atoms with Crippen molar-refractivity contribution in [2.45, 2.75) is 51.1 Å². The average molecular weight is 608 g/mol. The van der Waals surface area contributed by atoms with Gasteiger partial charge in [0.1, 0.15) is 5.56 Å². The maximum Gasteiger partial charge on any atom is 0.300 e. The van der Waals surface area contributed by atoms with Crippen molar-refractivity contribution < 1.29 is 13.2 Å². The van der Waals surface area contributed by atoms with Gasteiger partial charge in [0.2, 0.25) is 0 Å². The molecule has 0 bridgehead atoms. The number of aryl methyl sites for hydroxylation is 2. The van der Waals surface area contributed by atoms with Crippen LogP contribution in [0.25, 0.3) is 22.1 Å². The molecule has 2 aliphatic rings. The maximum atomic E-state index is 14.3. The highest BCUT2D eigenvalue weighted by molar-refractivity contribution is 7.90. The molecule has 0 aliphatic heterocycles. The molecule has 222 valence electrons. The van der Waals surface area contributed by atoms with Gasteiger partial charge in [-0.05, 0) is 79.8 Å². The van der Waals surface area contributed by atoms with Gasteiger partial charge in [-0.25, -0.2) is 9.50 Å². The summed E-state index contributed by atoms with van der Waals surface area (Å²) in [5, 5.41) is 8.68. The molecule has 1 amide bonds. The van der Waals surface area contributed by atoms with Crippen molar-refractivity contribution in [2.24, 2.45) is 0 Å². The molecule has 3 aromatic heterocycles. The van der Waals surface area contributed by atoms with Gasteiger partial charge in [-0.2, -0.15) is 13.1 Å². The second-order valence-electron chi connectivity index (χ2n) is 11.2. The van der Waals surface area contributed by atoms with Gasteiger partial charge in [-0.3, -0.25) is 18.9 Å². The van der Waals surface area contributed by atoms with Crippen LogP contribution in [-0.4, -0.2) is 39.5 Å². The van der Waals surface area contributed by atoms with Gasteiger partial charge in [-0.15, -0.1) is 11.5 Å². The number of pyridine rings is 1. The number of benzene rings is 2. The number of aromatic nitrogens is 4. The van der Waals surface area contributed by atoms with Gasteiger partial charge in [0, 0.05) is 29.7 Å². The standard InChI is InChI=1S/C32H29N7O4S/c1-3-20-13-14-21-9-7-12-24-25(21)26(20)32(41)39(23-10-5-4-6-11-23)28(24)19(2)34-31(40)27-29(35-38-18-8-17-33-30(27)38)37-44(42,43)36-22-15-16-22/h1,4-6,8,10-11,13-14,17-19,22,36H,7,9,12,15-16H2,2H3,(H,34,40)(H,35,37)/t19-/m0/s1. The molecule has 2 aromatic carbocycles. The summed E-state index contributed by atoms with van der Waals surface area (Å²) in [6.45, 7) is 1.81. The van der Waals surface area contributed by atoms with Crippen LogP contribution in [-0.2, 0) is 23.1 Å². The zero-order valence-corrected chi connectivity index (χ0v) is 24.7. The second kappa shape index (κ2) is 10.6. The smallest absolute Gasteiger partial charge is 0.300 e. The Morgan fingerprint density at radius 3 is 2.64 bits per heavy atom. The predicted octanol–water partition coefficient (Wildman–Crippen LogP) is 3.40. The number of carbonyl (C=O) groups is 1. The summed E-state index contributed by atoms with van der Waals surface area (Å²) in [6, 6.07) is 13.9. The van der Waals surface area contributed by atoms with E-state index in [1.165, 1.54) is 10.7 Å². The molecule has 0 saturated heterocycles. The number of carbonyl (C=O) groups excluding carboxylic acids is 1. The van der Waals surface area contributed by atoms with Crippen molar-refractivity contribution in [1.82, 2.24) is 29.2 Å². The molecule has 12 heteroatoms. The maximum absolute atomic E-state index is 14.3. The molecule has 3 heterocycles. The van der Waals surface area contributed by atoms with Crippen molar-refractivity contribution in [2.75, 3.05) is 4.72 Å². The Labute approximate surface area is 253 Å². The van der Waals surface area contributed by atoms with Gasteiger partial charge in [0.15, 0.2) is 11.5 Å². The van der Waals surface area contributed by atoms with E-state index in [0.717, 1.165) is 42.2 Å². The van der Waals surface area contributed by atoms with Gasteiger partial charge in [0.25, 0.3) is 11.5 Å². The molecule has 3 N–H and O–H groups in total. The van der Waals surface area contributed by atoms with Gasteiger partial charge < -0.3 is 5.32 Å². The number of hydrogen-bond donors (Lipinski definition) is 3. The lowest BCUT2D eigenvalue weighted by molar-refractivity contribution is 0.0941. The van der Waals surface area contributed by atoms with Crippen molar-refractivity contribution >= 4 is 38.4 Å². The molecule has 0 spiro atoms. The first-order valence-corrected chi connectivity index (χ1v) is 15.9. The molecule has 5 aromatic rings. The summed E-state index contributed by atoms with van der Waals surface area (Å²) in [6.07, 6.45) is 12.8. The summed E-state index contributed by atoms with van der Waals surface area (Å²) in [5.74, 6) is 1.94. The highest BCUT2D eigenvalue weighted by atomic mass is 32.2. The van der Waals surface area contributed by atoms with Crippen LogP contribution in [0.15, 0.2) is 65.7 Å². The Kier molecular flexibility index (Phi) is 6.72. The van der Waals surface area contributed by atoms with Crippen LogP contribution in [0.4, 0.5) is 5.82 Å². The van der Waals surface area contributed by atoms with Crippen LogP contribution in [0.1, 0.15) is 65.0 Å². The molecule has 0 unspecified atom stereocenters. The molecule has 44 heavy (non-hydrogen) atoms. The Morgan fingerprint density at radius 1 is 1.09 bits per heavy atom. The van der Waals surface area contributed by atoms with E-state index in [2.05, 4.69) is 30.8 Å². The minimum absolute atomic E-state index is 0.0306. The molecule has 0 radical (unpaired) electrons. The van der Waals surface area contributed by atoms with Gasteiger partial charge in [0.05, 0.1) is 17.1 Å². The summed E-state index contributed by atoms with van der Waals surface area (Å²) in [4.78, 5) is 32.7. The van der Waals surface area contributed by atoms with E-state index in [4.69, 9.17) is 6.42 Å². The lowest BCUT2D eigenvalue weighted by atomic mass is 9.85. The van der Waals surface area contributed by atoms with Crippen LogP contribution in [0.2, 0.25) is 0 Å². The summed E-state index contributed by atoms with van der Waals surface area (Å²) in [7, 11) is -3.99. The van der Waals surface area contributed by atoms with Crippen LogP contribution in [0.5, 0.6) is 0 Å². The zero-order valence-electron chi connectivity index (χ0n) is 23.9. The molecule has 1 atom stereocenters. The van der Waals surface area contributed by atoms with Crippen molar-refractivity contribution in [3.05, 3.63) is 99.2 Å². The van der Waals surface area contributed by atoms with Crippen LogP contribution in [0.3, 0.4) is 0 Å². The fourth-order valence-electron chi connectivity index (χ4n) is 6.10. The first kappa shape index (κ1) is 27.8. The molecule has 11 nitrogen and oxygen atoms in total. The monoisotopic (exact) mass is 607 g/mol. The largest absolute Gasteiger partial charge is 0.344 e. The Balaban J connectivity index is 1.37. The Morgan fingerprint density at radius 2 is 1.89 bits per heavy atom. The van der Waals surface area contributed by atoms with Gasteiger partial charge >= 0.3 is 10.2 Å². The third-order valence-electron chi connectivity index (χ3n) is 8.11. The average Bonchev–Trinajstić information content (AvgIpc) is 3.74. The van der Waals surface area contributed by atoms with Crippen molar-refractivity contribution in [3.63, 3.8) is 0 Å². The molecular weight excluding hydrogens is 578 g/mol. The van der Waals surface area contributed by atoms with E-state index < -0.39 is 22.2 Å². The van der Waals surface area contributed by atoms with Gasteiger partial charge in [-0.1, -0.05) is 30.2 Å². The summed E-state index contributed by atoms with van der Waals surface area (Å²) >= 11 is 0. The molecular formula is C32H29N7O4S.